The normalized spacial score (nSPS) is 10.4. The molecule has 6 heteroatoms. The van der Waals surface area contributed by atoms with Crippen LogP contribution in [-0.4, -0.2) is 25.6 Å². The molecule has 29 heavy (non-hydrogen) atoms. The van der Waals surface area contributed by atoms with Crippen molar-refractivity contribution in [1.82, 2.24) is 0 Å². The van der Waals surface area contributed by atoms with Crippen molar-refractivity contribution in [3.8, 4) is 16.9 Å². The maximum Gasteiger partial charge on any atom is 0.341 e. The molecule has 0 aliphatic heterocycles. The standard InChI is InChI=1S/C23H23NO4S/c1-4-28-23(26)21-18(17-12-15(2)10-11-19(17)27-3)14-29-22(21)24-20(25)13-16-8-6-5-7-9-16/h5-12,14H,4,13H2,1-3H3,(H,24,25). The number of carbonyl (C=O) groups is 2. The second kappa shape index (κ2) is 9.39. The van der Waals surface area contributed by atoms with Gasteiger partial charge in [-0.2, -0.15) is 0 Å². The summed E-state index contributed by atoms with van der Waals surface area (Å²) < 4.78 is 10.8. The monoisotopic (exact) mass is 409 g/mol. The molecule has 0 aliphatic carbocycles. The Bertz CT molecular complexity index is 1010. The highest BCUT2D eigenvalue weighted by Gasteiger charge is 2.24. The van der Waals surface area contributed by atoms with Gasteiger partial charge < -0.3 is 14.8 Å². The number of methoxy groups -OCH3 is 1. The van der Waals surface area contributed by atoms with Crippen LogP contribution in [0.3, 0.4) is 0 Å². The highest BCUT2D eigenvalue weighted by Crippen LogP contribution is 2.40. The van der Waals surface area contributed by atoms with Gasteiger partial charge in [0.2, 0.25) is 5.91 Å². The van der Waals surface area contributed by atoms with Crippen LogP contribution in [0.5, 0.6) is 5.75 Å². The van der Waals surface area contributed by atoms with Crippen molar-refractivity contribution in [3.63, 3.8) is 0 Å². The Morgan fingerprint density at radius 2 is 1.83 bits per heavy atom. The molecule has 0 saturated carbocycles. The maximum atomic E-state index is 12.7. The average molecular weight is 410 g/mol. The third-order valence-corrected chi connectivity index (χ3v) is 5.27. The minimum absolute atomic E-state index is 0.189. The van der Waals surface area contributed by atoms with Gasteiger partial charge in [0.1, 0.15) is 16.3 Å². The molecule has 0 radical (unpaired) electrons. The predicted molar refractivity (Wildman–Crippen MR) is 116 cm³/mol. The van der Waals surface area contributed by atoms with Crippen molar-refractivity contribution in [3.05, 3.63) is 70.6 Å². The van der Waals surface area contributed by atoms with E-state index in [1.165, 1.54) is 11.3 Å². The number of amides is 1. The van der Waals surface area contributed by atoms with Crippen LogP contribution in [0.15, 0.2) is 53.9 Å². The minimum atomic E-state index is -0.470. The largest absolute Gasteiger partial charge is 0.496 e. The highest BCUT2D eigenvalue weighted by atomic mass is 32.1. The quantitative estimate of drug-likeness (QED) is 0.552. The first kappa shape index (κ1) is 20.6. The number of thiophene rings is 1. The fourth-order valence-corrected chi connectivity index (χ4v) is 4.00. The Morgan fingerprint density at radius 1 is 1.07 bits per heavy atom. The van der Waals surface area contributed by atoms with E-state index in [0.29, 0.717) is 21.9 Å². The van der Waals surface area contributed by atoms with E-state index < -0.39 is 5.97 Å². The van der Waals surface area contributed by atoms with E-state index in [1.807, 2.05) is 60.8 Å². The second-order valence-corrected chi connectivity index (χ2v) is 7.37. The Labute approximate surface area is 174 Å². The lowest BCUT2D eigenvalue weighted by Gasteiger charge is -2.12. The van der Waals surface area contributed by atoms with E-state index in [2.05, 4.69) is 5.32 Å². The zero-order valence-corrected chi connectivity index (χ0v) is 17.5. The van der Waals surface area contributed by atoms with Crippen LogP contribution < -0.4 is 10.1 Å². The molecule has 150 valence electrons. The lowest BCUT2D eigenvalue weighted by molar-refractivity contribution is -0.115. The predicted octanol–water partition coefficient (Wildman–Crippen LogP) is 5.09. The highest BCUT2D eigenvalue weighted by molar-refractivity contribution is 7.15. The summed E-state index contributed by atoms with van der Waals surface area (Å²) >= 11 is 1.30. The van der Waals surface area contributed by atoms with Gasteiger partial charge in [0.05, 0.1) is 20.1 Å². The van der Waals surface area contributed by atoms with Crippen molar-refractivity contribution in [1.29, 1.82) is 0 Å². The summed E-state index contributed by atoms with van der Waals surface area (Å²) in [5, 5.41) is 5.20. The van der Waals surface area contributed by atoms with Crippen LogP contribution in [-0.2, 0) is 16.0 Å². The van der Waals surface area contributed by atoms with Crippen molar-refractivity contribution in [2.24, 2.45) is 0 Å². The molecule has 0 bridgehead atoms. The van der Waals surface area contributed by atoms with Crippen molar-refractivity contribution in [2.75, 3.05) is 19.0 Å². The van der Waals surface area contributed by atoms with Gasteiger partial charge in [-0.3, -0.25) is 4.79 Å². The Balaban J connectivity index is 1.97. The van der Waals surface area contributed by atoms with Crippen LogP contribution in [0.1, 0.15) is 28.4 Å². The Kier molecular flexibility index (Phi) is 6.67. The fourth-order valence-electron chi connectivity index (χ4n) is 3.04. The summed E-state index contributed by atoms with van der Waals surface area (Å²) in [7, 11) is 1.59. The summed E-state index contributed by atoms with van der Waals surface area (Å²) in [6.45, 7) is 3.98. The maximum absolute atomic E-state index is 12.7. The summed E-state index contributed by atoms with van der Waals surface area (Å²) in [6, 6.07) is 15.2. The minimum Gasteiger partial charge on any atom is -0.496 e. The van der Waals surface area contributed by atoms with Crippen molar-refractivity contribution >= 4 is 28.2 Å². The number of nitrogens with one attached hydrogen (secondary N) is 1. The average Bonchev–Trinajstić information content (AvgIpc) is 3.12. The van der Waals surface area contributed by atoms with Crippen LogP contribution >= 0.6 is 11.3 Å². The molecule has 1 amide bonds. The fraction of sp³-hybridized carbons (Fsp3) is 0.217. The number of benzene rings is 2. The number of aryl methyl sites for hydroxylation is 1. The van der Waals surface area contributed by atoms with E-state index in [9.17, 15) is 9.59 Å². The molecule has 0 unspecified atom stereocenters. The topological polar surface area (TPSA) is 64.6 Å². The van der Waals surface area contributed by atoms with E-state index >= 15 is 0 Å². The number of ether oxygens (including phenoxy) is 2. The van der Waals surface area contributed by atoms with E-state index in [4.69, 9.17) is 9.47 Å². The molecule has 0 saturated heterocycles. The summed E-state index contributed by atoms with van der Waals surface area (Å²) in [6.07, 6.45) is 0.226. The molecule has 1 aromatic heterocycles. The van der Waals surface area contributed by atoms with Crippen LogP contribution in [0.4, 0.5) is 5.00 Å². The zero-order valence-electron chi connectivity index (χ0n) is 16.7. The van der Waals surface area contributed by atoms with Gasteiger partial charge in [-0.15, -0.1) is 11.3 Å². The van der Waals surface area contributed by atoms with E-state index in [1.54, 1.807) is 14.0 Å². The molecular weight excluding hydrogens is 386 g/mol. The van der Waals surface area contributed by atoms with Gasteiger partial charge in [-0.25, -0.2) is 4.79 Å². The van der Waals surface area contributed by atoms with Gasteiger partial charge in [0.15, 0.2) is 0 Å². The SMILES string of the molecule is CCOC(=O)c1c(-c2cc(C)ccc2OC)csc1NC(=O)Cc1ccccc1. The van der Waals surface area contributed by atoms with Crippen molar-refractivity contribution < 1.29 is 19.1 Å². The molecule has 0 atom stereocenters. The first-order chi connectivity index (χ1) is 14.0. The van der Waals surface area contributed by atoms with Gasteiger partial charge in [0, 0.05) is 16.5 Å². The van der Waals surface area contributed by atoms with Crippen LogP contribution in [0, 0.1) is 6.92 Å². The van der Waals surface area contributed by atoms with Gasteiger partial charge in [0.25, 0.3) is 0 Å². The molecule has 0 aliphatic rings. The third kappa shape index (κ3) is 4.84. The summed E-state index contributed by atoms with van der Waals surface area (Å²) in [5.74, 6) is -0.00483. The van der Waals surface area contributed by atoms with Crippen LogP contribution in [0.2, 0.25) is 0 Å². The van der Waals surface area contributed by atoms with Crippen LogP contribution in [0.25, 0.3) is 11.1 Å². The molecule has 0 fully saturated rings. The zero-order chi connectivity index (χ0) is 20.8. The summed E-state index contributed by atoms with van der Waals surface area (Å²) in [4.78, 5) is 25.3. The molecule has 3 rings (SSSR count). The van der Waals surface area contributed by atoms with Gasteiger partial charge >= 0.3 is 5.97 Å². The third-order valence-electron chi connectivity index (χ3n) is 4.38. The molecule has 5 nitrogen and oxygen atoms in total. The first-order valence-corrected chi connectivity index (χ1v) is 10.2. The number of rotatable bonds is 7. The Hall–Kier alpha value is -3.12. The number of hydrogen-bond donors (Lipinski definition) is 1. The van der Waals surface area contributed by atoms with Gasteiger partial charge in [-0.1, -0.05) is 42.0 Å². The number of hydrogen-bond acceptors (Lipinski definition) is 5. The van der Waals surface area contributed by atoms with E-state index in [-0.39, 0.29) is 18.9 Å². The molecule has 1 N–H and O–H groups in total. The first-order valence-electron chi connectivity index (χ1n) is 9.30. The Morgan fingerprint density at radius 3 is 2.52 bits per heavy atom. The lowest BCUT2D eigenvalue weighted by atomic mass is 10.0. The smallest absolute Gasteiger partial charge is 0.341 e. The van der Waals surface area contributed by atoms with Gasteiger partial charge in [-0.05, 0) is 31.5 Å². The molecular formula is C23H23NO4S. The molecule has 1 heterocycles. The molecule has 3 aromatic rings. The number of anilines is 1. The number of esters is 1. The number of carbonyl (C=O) groups excluding carboxylic acids is 2. The van der Waals surface area contributed by atoms with E-state index in [0.717, 1.165) is 16.7 Å². The molecule has 0 spiro atoms. The second-order valence-electron chi connectivity index (χ2n) is 6.49. The molecule has 2 aromatic carbocycles. The lowest BCUT2D eigenvalue weighted by Crippen LogP contribution is -2.16. The van der Waals surface area contributed by atoms with Crippen molar-refractivity contribution in [2.45, 2.75) is 20.3 Å². The summed E-state index contributed by atoms with van der Waals surface area (Å²) in [5.41, 5.74) is 3.76.